The lowest BCUT2D eigenvalue weighted by Crippen LogP contribution is -2.17. The maximum Gasteiger partial charge on any atom is 0.271 e. The van der Waals surface area contributed by atoms with Crippen molar-refractivity contribution >= 4 is 29.8 Å². The zero-order valence-electron chi connectivity index (χ0n) is 10.7. The summed E-state index contributed by atoms with van der Waals surface area (Å²) in [5.74, 6) is -0.272. The summed E-state index contributed by atoms with van der Waals surface area (Å²) >= 11 is 5.75. The second-order valence-electron chi connectivity index (χ2n) is 4.00. The van der Waals surface area contributed by atoms with Crippen molar-refractivity contribution in [3.63, 3.8) is 0 Å². The van der Waals surface area contributed by atoms with Gasteiger partial charge in [-0.15, -0.1) is 0 Å². The summed E-state index contributed by atoms with van der Waals surface area (Å²) in [4.78, 5) is 11.7. The van der Waals surface area contributed by atoms with Crippen LogP contribution in [0.5, 0.6) is 0 Å². The molecule has 0 radical (unpaired) electrons. The van der Waals surface area contributed by atoms with Crippen LogP contribution in [-0.2, 0) is 0 Å². The van der Waals surface area contributed by atoms with Crippen LogP contribution in [0.2, 0.25) is 5.02 Å². The molecule has 1 amide bonds. The SMILES string of the molecule is O=C(N/N=C\C=C\c1ccccc1)c1ccc(Cl)cc1. The zero-order valence-corrected chi connectivity index (χ0v) is 11.4. The molecule has 2 aromatic carbocycles. The Morgan fingerprint density at radius 1 is 1.05 bits per heavy atom. The third kappa shape index (κ3) is 4.37. The Morgan fingerprint density at radius 3 is 2.45 bits per heavy atom. The van der Waals surface area contributed by atoms with Crippen molar-refractivity contribution in [2.45, 2.75) is 0 Å². The fourth-order valence-electron chi connectivity index (χ4n) is 1.52. The van der Waals surface area contributed by atoms with Gasteiger partial charge in [0.25, 0.3) is 5.91 Å². The number of amides is 1. The highest BCUT2D eigenvalue weighted by atomic mass is 35.5. The fourth-order valence-corrected chi connectivity index (χ4v) is 1.65. The number of benzene rings is 2. The van der Waals surface area contributed by atoms with Gasteiger partial charge in [0.15, 0.2) is 0 Å². The van der Waals surface area contributed by atoms with Gasteiger partial charge < -0.3 is 0 Å². The molecule has 0 bridgehead atoms. The van der Waals surface area contributed by atoms with Crippen molar-refractivity contribution < 1.29 is 4.79 Å². The van der Waals surface area contributed by atoms with Crippen molar-refractivity contribution in [1.29, 1.82) is 0 Å². The molecule has 0 heterocycles. The Balaban J connectivity index is 1.86. The fraction of sp³-hybridized carbons (Fsp3) is 0. The van der Waals surface area contributed by atoms with Crippen LogP contribution in [-0.4, -0.2) is 12.1 Å². The van der Waals surface area contributed by atoms with Crippen molar-refractivity contribution in [1.82, 2.24) is 5.43 Å². The van der Waals surface area contributed by atoms with E-state index in [1.54, 1.807) is 30.3 Å². The average molecular weight is 285 g/mol. The van der Waals surface area contributed by atoms with E-state index in [9.17, 15) is 4.79 Å². The lowest BCUT2D eigenvalue weighted by molar-refractivity contribution is 0.0955. The average Bonchev–Trinajstić information content (AvgIpc) is 2.48. The van der Waals surface area contributed by atoms with E-state index >= 15 is 0 Å². The quantitative estimate of drug-likeness (QED) is 0.674. The summed E-state index contributed by atoms with van der Waals surface area (Å²) in [6.45, 7) is 0. The summed E-state index contributed by atoms with van der Waals surface area (Å²) < 4.78 is 0. The highest BCUT2D eigenvalue weighted by Crippen LogP contribution is 2.09. The lowest BCUT2D eigenvalue weighted by atomic mass is 10.2. The van der Waals surface area contributed by atoms with Gasteiger partial charge in [0.05, 0.1) is 0 Å². The highest BCUT2D eigenvalue weighted by molar-refractivity contribution is 6.30. The van der Waals surface area contributed by atoms with Gasteiger partial charge in [0, 0.05) is 16.8 Å². The van der Waals surface area contributed by atoms with Gasteiger partial charge in [-0.2, -0.15) is 5.10 Å². The minimum absolute atomic E-state index is 0.272. The molecular weight excluding hydrogens is 272 g/mol. The van der Waals surface area contributed by atoms with E-state index in [4.69, 9.17) is 11.6 Å². The van der Waals surface area contributed by atoms with E-state index in [1.165, 1.54) is 6.21 Å². The molecule has 100 valence electrons. The molecule has 0 fully saturated rings. The number of hydrogen-bond acceptors (Lipinski definition) is 2. The second kappa shape index (κ2) is 7.26. The highest BCUT2D eigenvalue weighted by Gasteiger charge is 2.02. The minimum atomic E-state index is -0.272. The van der Waals surface area contributed by atoms with Crippen molar-refractivity contribution in [3.8, 4) is 0 Å². The maximum absolute atomic E-state index is 11.7. The Morgan fingerprint density at radius 2 is 1.75 bits per heavy atom. The molecule has 0 aliphatic heterocycles. The van der Waals surface area contributed by atoms with Gasteiger partial charge in [0.1, 0.15) is 0 Å². The number of carbonyl (C=O) groups excluding carboxylic acids is 1. The molecule has 2 rings (SSSR count). The Bertz CT molecular complexity index is 619. The Kier molecular flexibility index (Phi) is 5.09. The van der Waals surface area contributed by atoms with Crippen LogP contribution < -0.4 is 5.43 Å². The molecule has 0 aromatic heterocycles. The largest absolute Gasteiger partial charge is 0.271 e. The number of rotatable bonds is 4. The number of nitrogens with one attached hydrogen (secondary N) is 1. The third-order valence-electron chi connectivity index (χ3n) is 2.52. The molecule has 2 aromatic rings. The Hall–Kier alpha value is -2.39. The molecule has 4 heteroatoms. The maximum atomic E-state index is 11.7. The van der Waals surface area contributed by atoms with Gasteiger partial charge >= 0.3 is 0 Å². The first-order valence-corrected chi connectivity index (χ1v) is 6.44. The summed E-state index contributed by atoms with van der Waals surface area (Å²) in [6.07, 6.45) is 5.19. The molecule has 0 aliphatic carbocycles. The third-order valence-corrected chi connectivity index (χ3v) is 2.77. The van der Waals surface area contributed by atoms with Crippen molar-refractivity contribution in [2.75, 3.05) is 0 Å². The first-order valence-electron chi connectivity index (χ1n) is 6.06. The number of allylic oxidation sites excluding steroid dienone is 1. The number of carbonyl (C=O) groups is 1. The summed E-state index contributed by atoms with van der Waals surface area (Å²) in [7, 11) is 0. The van der Waals surface area contributed by atoms with Crippen LogP contribution in [0.25, 0.3) is 6.08 Å². The zero-order chi connectivity index (χ0) is 14.2. The minimum Gasteiger partial charge on any atom is -0.267 e. The smallest absolute Gasteiger partial charge is 0.267 e. The second-order valence-corrected chi connectivity index (χ2v) is 4.43. The predicted molar refractivity (Wildman–Crippen MR) is 82.9 cm³/mol. The first-order chi connectivity index (χ1) is 9.75. The number of halogens is 1. The van der Waals surface area contributed by atoms with Gasteiger partial charge in [-0.25, -0.2) is 5.43 Å². The van der Waals surface area contributed by atoms with Crippen LogP contribution in [0.1, 0.15) is 15.9 Å². The summed E-state index contributed by atoms with van der Waals surface area (Å²) in [6, 6.07) is 16.5. The van der Waals surface area contributed by atoms with Crippen LogP contribution in [0, 0.1) is 0 Å². The molecule has 0 unspecified atom stereocenters. The lowest BCUT2D eigenvalue weighted by Gasteiger charge is -1.98. The monoisotopic (exact) mass is 284 g/mol. The van der Waals surface area contributed by atoms with E-state index in [1.807, 2.05) is 36.4 Å². The Labute approximate surface area is 122 Å². The van der Waals surface area contributed by atoms with E-state index < -0.39 is 0 Å². The molecule has 3 nitrogen and oxygen atoms in total. The van der Waals surface area contributed by atoms with Crippen LogP contribution in [0.3, 0.4) is 0 Å². The van der Waals surface area contributed by atoms with Gasteiger partial charge in [-0.1, -0.05) is 48.0 Å². The number of hydrazone groups is 1. The van der Waals surface area contributed by atoms with Gasteiger partial charge in [-0.05, 0) is 35.9 Å². The van der Waals surface area contributed by atoms with E-state index in [0.29, 0.717) is 10.6 Å². The molecule has 0 aliphatic rings. The van der Waals surface area contributed by atoms with Gasteiger partial charge in [-0.3, -0.25) is 4.79 Å². The molecular formula is C16H13ClN2O. The summed E-state index contributed by atoms with van der Waals surface area (Å²) in [5.41, 5.74) is 4.03. The normalized spacial score (nSPS) is 11.1. The van der Waals surface area contributed by atoms with Crippen molar-refractivity contribution in [3.05, 3.63) is 76.8 Å². The molecule has 0 saturated heterocycles. The topological polar surface area (TPSA) is 41.5 Å². The first kappa shape index (κ1) is 14.0. The molecule has 0 atom stereocenters. The standard InChI is InChI=1S/C16H13ClN2O/c17-15-10-8-14(9-11-15)16(20)19-18-12-4-7-13-5-2-1-3-6-13/h1-12H,(H,19,20)/b7-4+,18-12-. The van der Waals surface area contributed by atoms with Crippen LogP contribution in [0.15, 0.2) is 65.8 Å². The van der Waals surface area contributed by atoms with E-state index in [0.717, 1.165) is 5.56 Å². The van der Waals surface area contributed by atoms with Gasteiger partial charge in [0.2, 0.25) is 0 Å². The molecule has 1 N–H and O–H groups in total. The van der Waals surface area contributed by atoms with Crippen LogP contribution in [0.4, 0.5) is 0 Å². The number of nitrogens with zero attached hydrogens (tertiary/aromatic N) is 1. The predicted octanol–water partition coefficient (Wildman–Crippen LogP) is 3.77. The van der Waals surface area contributed by atoms with E-state index in [-0.39, 0.29) is 5.91 Å². The number of hydrogen-bond donors (Lipinski definition) is 1. The molecule has 0 saturated carbocycles. The van der Waals surface area contributed by atoms with E-state index in [2.05, 4.69) is 10.5 Å². The van der Waals surface area contributed by atoms with Crippen LogP contribution >= 0.6 is 11.6 Å². The van der Waals surface area contributed by atoms with Crippen molar-refractivity contribution in [2.24, 2.45) is 5.10 Å². The summed E-state index contributed by atoms with van der Waals surface area (Å²) in [5, 5.41) is 4.43. The molecule has 0 spiro atoms. The molecule has 20 heavy (non-hydrogen) atoms.